The largest absolute Gasteiger partial charge is 0.481 e. The first-order chi connectivity index (χ1) is 14.5. The number of rotatable bonds is 5. The Bertz CT molecular complexity index is 1090. The van der Waals surface area contributed by atoms with E-state index >= 15 is 0 Å². The average Bonchev–Trinajstić information content (AvgIpc) is 2.67. The molecule has 0 aliphatic heterocycles. The molecule has 1 atom stereocenters. The molecule has 0 saturated carbocycles. The maximum absolute atomic E-state index is 12.7. The summed E-state index contributed by atoms with van der Waals surface area (Å²) in [4.78, 5) is 12.7. The van der Waals surface area contributed by atoms with E-state index in [1.54, 1.807) is 36.4 Å². The predicted molar refractivity (Wildman–Crippen MR) is 129 cm³/mol. The van der Waals surface area contributed by atoms with E-state index in [4.69, 9.17) is 39.5 Å². The van der Waals surface area contributed by atoms with Crippen LogP contribution in [0, 0.1) is 6.92 Å². The van der Waals surface area contributed by atoms with Gasteiger partial charge in [0.2, 0.25) is 0 Å². The van der Waals surface area contributed by atoms with Gasteiger partial charge in [0.1, 0.15) is 5.75 Å². The summed E-state index contributed by atoms with van der Waals surface area (Å²) in [6, 6.07) is 18.1. The molecule has 0 spiro atoms. The highest BCUT2D eigenvalue weighted by Crippen LogP contribution is 2.36. The molecular formula is C25H24Cl3NO2. The van der Waals surface area contributed by atoms with Gasteiger partial charge in [0.25, 0.3) is 5.91 Å². The molecule has 0 aliphatic rings. The molecule has 0 radical (unpaired) electrons. The summed E-state index contributed by atoms with van der Waals surface area (Å²) in [6.07, 6.45) is -0.512. The van der Waals surface area contributed by atoms with E-state index < -0.39 is 6.10 Å². The number of benzene rings is 3. The molecule has 0 aromatic heterocycles. The summed E-state index contributed by atoms with van der Waals surface area (Å²) in [5.74, 6) is 0.428. The molecule has 1 N–H and O–H groups in total. The number of amides is 1. The van der Waals surface area contributed by atoms with Crippen LogP contribution in [-0.2, 0) is 0 Å². The normalized spacial score (nSPS) is 12.4. The second-order valence-corrected chi connectivity index (χ2v) is 9.68. The molecule has 1 amide bonds. The fourth-order valence-electron chi connectivity index (χ4n) is 3.07. The Morgan fingerprint density at radius 1 is 0.903 bits per heavy atom. The van der Waals surface area contributed by atoms with Crippen LogP contribution in [0.3, 0.4) is 0 Å². The molecule has 31 heavy (non-hydrogen) atoms. The zero-order valence-electron chi connectivity index (χ0n) is 17.8. The molecule has 3 aromatic rings. The van der Waals surface area contributed by atoms with Crippen LogP contribution in [0.2, 0.25) is 15.1 Å². The van der Waals surface area contributed by atoms with E-state index in [9.17, 15) is 4.79 Å². The third-order valence-electron chi connectivity index (χ3n) is 4.60. The molecule has 0 bridgehead atoms. The average molecular weight is 477 g/mol. The van der Waals surface area contributed by atoms with Gasteiger partial charge >= 0.3 is 0 Å². The Morgan fingerprint density at radius 2 is 1.55 bits per heavy atom. The summed E-state index contributed by atoms with van der Waals surface area (Å²) in [5, 5.41) is 4.64. The fraction of sp³-hybridized carbons (Fsp3) is 0.240. The monoisotopic (exact) mass is 475 g/mol. The fourth-order valence-corrected chi connectivity index (χ4v) is 3.70. The van der Waals surface area contributed by atoms with Crippen LogP contribution in [0.25, 0.3) is 0 Å². The smallest absolute Gasteiger partial charge is 0.251 e. The lowest BCUT2D eigenvalue weighted by molar-refractivity contribution is 0.0919. The van der Waals surface area contributed by atoms with Crippen molar-refractivity contribution in [2.45, 2.75) is 39.3 Å². The lowest BCUT2D eigenvalue weighted by Gasteiger charge is -2.24. The van der Waals surface area contributed by atoms with Gasteiger partial charge in [-0.05, 0) is 75.2 Å². The zero-order valence-corrected chi connectivity index (χ0v) is 20.1. The molecule has 3 aromatic carbocycles. The summed E-state index contributed by atoms with van der Waals surface area (Å²) in [7, 11) is 0. The quantitative estimate of drug-likeness (QED) is 0.410. The van der Waals surface area contributed by atoms with Gasteiger partial charge in [-0.3, -0.25) is 4.79 Å². The number of hydrogen-bond acceptors (Lipinski definition) is 2. The van der Waals surface area contributed by atoms with E-state index in [-0.39, 0.29) is 11.4 Å². The number of carbonyl (C=O) groups is 1. The standard InChI is InChI=1S/C25H24Cl3NO2/c1-15-5-6-17(24(30)29-25(2,3)4)13-22(15)31-23(16-7-9-18(26)10-8-16)20-12-11-19(27)14-21(20)28/h5-14,23H,1-4H3,(H,29,30). The van der Waals surface area contributed by atoms with Crippen molar-refractivity contribution in [3.63, 3.8) is 0 Å². The van der Waals surface area contributed by atoms with Crippen LogP contribution in [-0.4, -0.2) is 11.4 Å². The van der Waals surface area contributed by atoms with E-state index in [2.05, 4.69) is 5.32 Å². The second-order valence-electron chi connectivity index (χ2n) is 8.40. The van der Waals surface area contributed by atoms with Crippen LogP contribution < -0.4 is 10.1 Å². The molecule has 3 nitrogen and oxygen atoms in total. The van der Waals surface area contributed by atoms with Crippen LogP contribution in [0.1, 0.15) is 53.9 Å². The van der Waals surface area contributed by atoms with Crippen molar-refractivity contribution in [1.82, 2.24) is 5.32 Å². The van der Waals surface area contributed by atoms with E-state index in [1.165, 1.54) is 0 Å². The van der Waals surface area contributed by atoms with Crippen LogP contribution in [0.4, 0.5) is 0 Å². The van der Waals surface area contributed by atoms with E-state index in [0.717, 1.165) is 16.7 Å². The minimum atomic E-state index is -0.512. The molecule has 3 rings (SSSR count). The van der Waals surface area contributed by atoms with Gasteiger partial charge < -0.3 is 10.1 Å². The molecule has 0 heterocycles. The first-order valence-electron chi connectivity index (χ1n) is 9.84. The summed E-state index contributed by atoms with van der Waals surface area (Å²) >= 11 is 18.7. The Balaban J connectivity index is 2.02. The van der Waals surface area contributed by atoms with Gasteiger partial charge in [-0.25, -0.2) is 0 Å². The SMILES string of the molecule is Cc1ccc(C(=O)NC(C)(C)C)cc1OC(c1ccc(Cl)cc1)c1ccc(Cl)cc1Cl. The van der Waals surface area contributed by atoms with Crippen molar-refractivity contribution < 1.29 is 9.53 Å². The van der Waals surface area contributed by atoms with Gasteiger partial charge in [0.05, 0.1) is 0 Å². The molecular weight excluding hydrogens is 453 g/mol. The van der Waals surface area contributed by atoms with Gasteiger partial charge in [0, 0.05) is 31.7 Å². The Kier molecular flexibility index (Phi) is 7.20. The number of hydrogen-bond donors (Lipinski definition) is 1. The van der Waals surface area contributed by atoms with Gasteiger partial charge in [-0.1, -0.05) is 59.1 Å². The highest BCUT2D eigenvalue weighted by Gasteiger charge is 2.22. The van der Waals surface area contributed by atoms with Crippen molar-refractivity contribution in [1.29, 1.82) is 0 Å². The second kappa shape index (κ2) is 9.52. The number of nitrogens with one attached hydrogen (secondary N) is 1. The summed E-state index contributed by atoms with van der Waals surface area (Å²) < 4.78 is 6.45. The summed E-state index contributed by atoms with van der Waals surface area (Å²) in [5.41, 5.74) is 2.71. The minimum Gasteiger partial charge on any atom is -0.481 e. The number of carbonyl (C=O) groups excluding carboxylic acids is 1. The van der Waals surface area contributed by atoms with Crippen LogP contribution >= 0.6 is 34.8 Å². The van der Waals surface area contributed by atoms with Crippen molar-refractivity contribution in [2.75, 3.05) is 0 Å². The molecule has 6 heteroatoms. The molecule has 162 valence electrons. The van der Waals surface area contributed by atoms with Crippen molar-refractivity contribution in [2.24, 2.45) is 0 Å². The van der Waals surface area contributed by atoms with Gasteiger partial charge in [-0.2, -0.15) is 0 Å². The summed E-state index contributed by atoms with van der Waals surface area (Å²) in [6.45, 7) is 7.75. The van der Waals surface area contributed by atoms with Crippen molar-refractivity contribution >= 4 is 40.7 Å². The molecule has 0 aliphatic carbocycles. The van der Waals surface area contributed by atoms with E-state index in [1.807, 2.05) is 52.0 Å². The zero-order chi connectivity index (χ0) is 22.8. The lowest BCUT2D eigenvalue weighted by Crippen LogP contribution is -2.40. The predicted octanol–water partition coefficient (Wildman–Crippen LogP) is 7.65. The van der Waals surface area contributed by atoms with Gasteiger partial charge in [-0.15, -0.1) is 0 Å². The van der Waals surface area contributed by atoms with Crippen LogP contribution in [0.15, 0.2) is 60.7 Å². The molecule has 0 fully saturated rings. The number of aryl methyl sites for hydroxylation is 1. The molecule has 1 unspecified atom stereocenters. The first-order valence-corrected chi connectivity index (χ1v) is 11.0. The van der Waals surface area contributed by atoms with E-state index in [0.29, 0.717) is 26.4 Å². The first kappa shape index (κ1) is 23.5. The maximum atomic E-state index is 12.7. The Morgan fingerprint density at radius 3 is 2.16 bits per heavy atom. The lowest BCUT2D eigenvalue weighted by atomic mass is 10.0. The highest BCUT2D eigenvalue weighted by atomic mass is 35.5. The maximum Gasteiger partial charge on any atom is 0.251 e. The highest BCUT2D eigenvalue weighted by molar-refractivity contribution is 6.35. The third kappa shape index (κ3) is 6.16. The Hall–Kier alpha value is -2.20. The minimum absolute atomic E-state index is 0.162. The number of halogens is 3. The van der Waals surface area contributed by atoms with Crippen molar-refractivity contribution in [3.8, 4) is 5.75 Å². The van der Waals surface area contributed by atoms with Gasteiger partial charge in [0.15, 0.2) is 6.10 Å². The topological polar surface area (TPSA) is 38.3 Å². The van der Waals surface area contributed by atoms with Crippen LogP contribution in [0.5, 0.6) is 5.75 Å². The number of ether oxygens (including phenoxy) is 1. The third-order valence-corrected chi connectivity index (χ3v) is 5.42. The van der Waals surface area contributed by atoms with Crippen molar-refractivity contribution in [3.05, 3.63) is 98.0 Å². The molecule has 0 saturated heterocycles. The Labute approximate surface area is 198 Å².